The van der Waals surface area contributed by atoms with Crippen LogP contribution in [0.5, 0.6) is 0 Å². The number of hydrogen-bond donors (Lipinski definition) is 1. The fourth-order valence-corrected chi connectivity index (χ4v) is 1.65. The third-order valence-corrected chi connectivity index (χ3v) is 2.48. The molecule has 0 aliphatic rings. The van der Waals surface area contributed by atoms with Crippen molar-refractivity contribution in [2.75, 3.05) is 13.1 Å². The molecule has 1 aromatic heterocycles. The van der Waals surface area contributed by atoms with E-state index in [2.05, 4.69) is 5.10 Å². The first kappa shape index (κ1) is 14.9. The van der Waals surface area contributed by atoms with Gasteiger partial charge in [0.05, 0.1) is 5.69 Å². The average Bonchev–Trinajstić information content (AvgIpc) is 2.69. The van der Waals surface area contributed by atoms with Crippen LogP contribution in [-0.2, 0) is 16.6 Å². The molecule has 1 heterocycles. The quantitative estimate of drug-likeness (QED) is 0.779. The SMILES string of the molecule is CC(C)CN(CC(=O)O)C(=O)C=Cc1ccnn1C. The highest BCUT2D eigenvalue weighted by Crippen LogP contribution is 2.03. The van der Waals surface area contributed by atoms with E-state index in [1.807, 2.05) is 13.8 Å². The Morgan fingerprint density at radius 3 is 2.68 bits per heavy atom. The second kappa shape index (κ2) is 6.72. The molecule has 1 N–H and O–H groups in total. The lowest BCUT2D eigenvalue weighted by molar-refractivity contribution is -0.143. The standard InChI is InChI=1S/C13H19N3O3/c1-10(2)8-16(9-13(18)19)12(17)5-4-11-6-7-14-15(11)3/h4-7,10H,8-9H2,1-3H3,(H,18,19). The Hall–Kier alpha value is -2.11. The smallest absolute Gasteiger partial charge is 0.323 e. The molecular weight excluding hydrogens is 246 g/mol. The van der Waals surface area contributed by atoms with Crippen LogP contribution in [-0.4, -0.2) is 44.8 Å². The van der Waals surface area contributed by atoms with Gasteiger partial charge < -0.3 is 10.0 Å². The van der Waals surface area contributed by atoms with E-state index in [0.717, 1.165) is 5.69 Å². The van der Waals surface area contributed by atoms with E-state index in [1.165, 1.54) is 11.0 Å². The van der Waals surface area contributed by atoms with Crippen molar-refractivity contribution in [1.82, 2.24) is 14.7 Å². The summed E-state index contributed by atoms with van der Waals surface area (Å²) >= 11 is 0. The predicted molar refractivity (Wildman–Crippen MR) is 71.3 cm³/mol. The first-order valence-electron chi connectivity index (χ1n) is 6.07. The molecule has 1 amide bonds. The first-order chi connectivity index (χ1) is 8.90. The summed E-state index contributed by atoms with van der Waals surface area (Å²) in [6.07, 6.45) is 4.64. The Morgan fingerprint density at radius 2 is 2.21 bits per heavy atom. The van der Waals surface area contributed by atoms with Gasteiger partial charge in [-0.3, -0.25) is 14.3 Å². The van der Waals surface area contributed by atoms with Crippen LogP contribution in [0.2, 0.25) is 0 Å². The van der Waals surface area contributed by atoms with Crippen LogP contribution in [0.1, 0.15) is 19.5 Å². The largest absolute Gasteiger partial charge is 0.480 e. The Bertz CT molecular complexity index is 477. The van der Waals surface area contributed by atoms with Crippen LogP contribution in [0.15, 0.2) is 18.3 Å². The zero-order valence-corrected chi connectivity index (χ0v) is 11.4. The molecule has 0 radical (unpaired) electrons. The normalized spacial score (nSPS) is 11.2. The van der Waals surface area contributed by atoms with Gasteiger partial charge in [0.2, 0.25) is 5.91 Å². The van der Waals surface area contributed by atoms with E-state index in [-0.39, 0.29) is 18.4 Å². The number of carbonyl (C=O) groups is 2. The lowest BCUT2D eigenvalue weighted by Gasteiger charge is -2.21. The Labute approximate surface area is 112 Å². The molecule has 6 heteroatoms. The maximum atomic E-state index is 12.0. The van der Waals surface area contributed by atoms with Crippen molar-refractivity contribution in [3.63, 3.8) is 0 Å². The van der Waals surface area contributed by atoms with Crippen molar-refractivity contribution >= 4 is 18.0 Å². The summed E-state index contributed by atoms with van der Waals surface area (Å²) in [4.78, 5) is 24.0. The maximum absolute atomic E-state index is 12.0. The number of nitrogens with zero attached hydrogens (tertiary/aromatic N) is 3. The summed E-state index contributed by atoms with van der Waals surface area (Å²) in [5, 5.41) is 12.8. The molecule has 6 nitrogen and oxygen atoms in total. The molecule has 0 atom stereocenters. The van der Waals surface area contributed by atoms with Gasteiger partial charge in [0.15, 0.2) is 0 Å². The molecule has 1 rings (SSSR count). The topological polar surface area (TPSA) is 75.4 Å². The van der Waals surface area contributed by atoms with Gasteiger partial charge >= 0.3 is 5.97 Å². The Balaban J connectivity index is 2.73. The zero-order chi connectivity index (χ0) is 14.4. The Morgan fingerprint density at radius 1 is 1.53 bits per heavy atom. The van der Waals surface area contributed by atoms with Crippen molar-refractivity contribution in [2.24, 2.45) is 13.0 Å². The number of rotatable bonds is 6. The molecule has 104 valence electrons. The number of aliphatic carboxylic acids is 1. The van der Waals surface area contributed by atoms with Gasteiger partial charge in [-0.2, -0.15) is 5.10 Å². The first-order valence-corrected chi connectivity index (χ1v) is 6.07. The van der Waals surface area contributed by atoms with Gasteiger partial charge in [-0.25, -0.2) is 0 Å². The van der Waals surface area contributed by atoms with Crippen molar-refractivity contribution in [3.8, 4) is 0 Å². The number of hydrogen-bond acceptors (Lipinski definition) is 3. The molecule has 0 unspecified atom stereocenters. The Kier molecular flexibility index (Phi) is 5.29. The molecule has 0 spiro atoms. The number of carboxylic acid groups (broad SMARTS) is 1. The summed E-state index contributed by atoms with van der Waals surface area (Å²) in [5.74, 6) is -1.10. The predicted octanol–water partition coefficient (Wildman–Crippen LogP) is 1.00. The van der Waals surface area contributed by atoms with Crippen LogP contribution in [0.4, 0.5) is 0 Å². The molecule has 0 aliphatic heterocycles. The number of aryl methyl sites for hydroxylation is 1. The van der Waals surface area contributed by atoms with Crippen LogP contribution in [0.25, 0.3) is 6.08 Å². The highest BCUT2D eigenvalue weighted by atomic mass is 16.4. The lowest BCUT2D eigenvalue weighted by atomic mass is 10.2. The number of carboxylic acids is 1. The van der Waals surface area contributed by atoms with E-state index in [0.29, 0.717) is 6.54 Å². The molecule has 0 aromatic carbocycles. The molecule has 0 saturated carbocycles. The van der Waals surface area contributed by atoms with E-state index in [9.17, 15) is 9.59 Å². The average molecular weight is 265 g/mol. The van der Waals surface area contributed by atoms with E-state index < -0.39 is 5.97 Å². The summed E-state index contributed by atoms with van der Waals surface area (Å²) < 4.78 is 1.63. The van der Waals surface area contributed by atoms with Crippen LogP contribution < -0.4 is 0 Å². The van der Waals surface area contributed by atoms with Crippen LogP contribution in [0, 0.1) is 5.92 Å². The molecular formula is C13H19N3O3. The minimum atomic E-state index is -1.01. The molecule has 1 aromatic rings. The zero-order valence-electron chi connectivity index (χ0n) is 11.4. The van der Waals surface area contributed by atoms with Crippen molar-refractivity contribution in [3.05, 3.63) is 24.0 Å². The van der Waals surface area contributed by atoms with Gasteiger partial charge in [-0.15, -0.1) is 0 Å². The van der Waals surface area contributed by atoms with E-state index >= 15 is 0 Å². The van der Waals surface area contributed by atoms with Crippen molar-refractivity contribution < 1.29 is 14.7 Å². The van der Waals surface area contributed by atoms with Gasteiger partial charge in [-0.05, 0) is 18.1 Å². The summed E-state index contributed by atoms with van der Waals surface area (Å²) in [6.45, 7) is 4.01. The van der Waals surface area contributed by atoms with Crippen LogP contribution in [0.3, 0.4) is 0 Å². The summed E-state index contributed by atoms with van der Waals surface area (Å²) in [6, 6.07) is 1.77. The monoisotopic (exact) mass is 265 g/mol. The van der Waals surface area contributed by atoms with Crippen LogP contribution >= 0.6 is 0 Å². The van der Waals surface area contributed by atoms with E-state index in [4.69, 9.17) is 5.11 Å². The van der Waals surface area contributed by atoms with Gasteiger partial charge in [-0.1, -0.05) is 13.8 Å². The third kappa shape index (κ3) is 4.95. The molecule has 0 fully saturated rings. The second-order valence-electron chi connectivity index (χ2n) is 4.72. The third-order valence-electron chi connectivity index (χ3n) is 2.48. The fraction of sp³-hybridized carbons (Fsp3) is 0.462. The van der Waals surface area contributed by atoms with Gasteiger partial charge in [0, 0.05) is 25.9 Å². The number of amides is 1. The molecule has 0 saturated heterocycles. The van der Waals surface area contributed by atoms with Crippen molar-refractivity contribution in [1.29, 1.82) is 0 Å². The lowest BCUT2D eigenvalue weighted by Crippen LogP contribution is -2.37. The van der Waals surface area contributed by atoms with Gasteiger partial charge in [0.1, 0.15) is 6.54 Å². The van der Waals surface area contributed by atoms with Crippen molar-refractivity contribution in [2.45, 2.75) is 13.8 Å². The number of carbonyl (C=O) groups excluding carboxylic acids is 1. The summed E-state index contributed by atoms with van der Waals surface area (Å²) in [7, 11) is 1.77. The minimum Gasteiger partial charge on any atom is -0.480 e. The number of aromatic nitrogens is 2. The minimum absolute atomic E-state index is 0.216. The second-order valence-corrected chi connectivity index (χ2v) is 4.72. The highest BCUT2D eigenvalue weighted by Gasteiger charge is 2.15. The fourth-order valence-electron chi connectivity index (χ4n) is 1.65. The maximum Gasteiger partial charge on any atom is 0.323 e. The molecule has 19 heavy (non-hydrogen) atoms. The van der Waals surface area contributed by atoms with Gasteiger partial charge in [0.25, 0.3) is 0 Å². The molecule has 0 aliphatic carbocycles. The molecule has 0 bridgehead atoms. The highest BCUT2D eigenvalue weighted by molar-refractivity contribution is 5.93. The summed E-state index contributed by atoms with van der Waals surface area (Å²) in [5.41, 5.74) is 0.785. The van der Waals surface area contributed by atoms with E-state index in [1.54, 1.807) is 30.1 Å².